The van der Waals surface area contributed by atoms with Gasteiger partial charge in [0, 0.05) is 12.1 Å². The normalized spacial score (nSPS) is 11.4. The molecule has 1 aromatic heterocycles. The van der Waals surface area contributed by atoms with Crippen LogP contribution in [-0.4, -0.2) is 25.0 Å². The summed E-state index contributed by atoms with van der Waals surface area (Å²) in [5.74, 6) is 2.16. The van der Waals surface area contributed by atoms with Crippen LogP contribution >= 0.6 is 0 Å². The van der Waals surface area contributed by atoms with Gasteiger partial charge in [0.15, 0.2) is 0 Å². The largest absolute Gasteiger partial charge is 0.465 e. The molecule has 0 aliphatic carbocycles. The molecule has 0 spiro atoms. The zero-order valence-electron chi connectivity index (χ0n) is 13.1. The number of rotatable bonds is 10. The van der Waals surface area contributed by atoms with Gasteiger partial charge in [-0.1, -0.05) is 26.7 Å². The fourth-order valence-corrected chi connectivity index (χ4v) is 2.29. The van der Waals surface area contributed by atoms with Crippen LogP contribution in [0.4, 0.5) is 0 Å². The number of aryl methyl sites for hydroxylation is 1. The Balaban J connectivity index is 2.58. The average molecular weight is 266 g/mol. The van der Waals surface area contributed by atoms with Crippen molar-refractivity contribution in [2.45, 2.75) is 59.5 Å². The molecule has 0 amide bonds. The highest BCUT2D eigenvalue weighted by Gasteiger charge is 2.11. The molecule has 19 heavy (non-hydrogen) atoms. The minimum atomic E-state index is 0.888. The molecule has 0 atom stereocenters. The summed E-state index contributed by atoms with van der Waals surface area (Å²) in [7, 11) is 1.97. The quantitative estimate of drug-likeness (QED) is 0.700. The fourth-order valence-electron chi connectivity index (χ4n) is 2.29. The molecule has 3 heteroatoms. The standard InChI is InChI=1S/C16H30N2O/c1-5-7-9-18(10-8-6-2)13-16-11-15(12-17-4)14(3)19-16/h11,17H,5-10,12-13H2,1-4H3. The summed E-state index contributed by atoms with van der Waals surface area (Å²) in [4.78, 5) is 2.52. The highest BCUT2D eigenvalue weighted by atomic mass is 16.3. The number of hydrogen-bond donors (Lipinski definition) is 1. The first-order chi connectivity index (χ1) is 9.21. The van der Waals surface area contributed by atoms with Crippen LogP contribution in [0.2, 0.25) is 0 Å². The molecule has 0 aliphatic rings. The van der Waals surface area contributed by atoms with Crippen molar-refractivity contribution >= 4 is 0 Å². The molecule has 0 saturated heterocycles. The van der Waals surface area contributed by atoms with Gasteiger partial charge in [-0.15, -0.1) is 0 Å². The maximum atomic E-state index is 5.88. The Labute approximate surface area is 118 Å². The second-order valence-corrected chi connectivity index (χ2v) is 5.31. The summed E-state index contributed by atoms with van der Waals surface area (Å²) < 4.78 is 5.88. The van der Waals surface area contributed by atoms with Gasteiger partial charge < -0.3 is 9.73 Å². The minimum Gasteiger partial charge on any atom is -0.465 e. The van der Waals surface area contributed by atoms with Gasteiger partial charge in [-0.25, -0.2) is 0 Å². The molecule has 1 N–H and O–H groups in total. The van der Waals surface area contributed by atoms with Crippen LogP contribution < -0.4 is 5.32 Å². The Morgan fingerprint density at radius 3 is 2.32 bits per heavy atom. The predicted octanol–water partition coefficient (Wildman–Crippen LogP) is 3.71. The zero-order valence-corrected chi connectivity index (χ0v) is 13.1. The molecular weight excluding hydrogens is 236 g/mol. The van der Waals surface area contributed by atoms with Crippen molar-refractivity contribution in [1.29, 1.82) is 0 Å². The number of furan rings is 1. The van der Waals surface area contributed by atoms with Gasteiger partial charge in [-0.05, 0) is 46.0 Å². The molecule has 3 nitrogen and oxygen atoms in total. The Hall–Kier alpha value is -0.800. The summed E-state index contributed by atoms with van der Waals surface area (Å²) in [6.07, 6.45) is 5.05. The van der Waals surface area contributed by atoms with E-state index in [9.17, 15) is 0 Å². The van der Waals surface area contributed by atoms with Crippen molar-refractivity contribution in [1.82, 2.24) is 10.2 Å². The first-order valence-electron chi connectivity index (χ1n) is 7.66. The molecule has 0 aliphatic heterocycles. The van der Waals surface area contributed by atoms with Crippen LogP contribution in [0, 0.1) is 6.92 Å². The summed E-state index contributed by atoms with van der Waals surface area (Å²) in [6, 6.07) is 2.21. The zero-order chi connectivity index (χ0) is 14.1. The average Bonchev–Trinajstić information content (AvgIpc) is 2.73. The molecule has 0 bridgehead atoms. The predicted molar refractivity (Wildman–Crippen MR) is 81.3 cm³/mol. The van der Waals surface area contributed by atoms with Gasteiger partial charge in [0.2, 0.25) is 0 Å². The molecule has 110 valence electrons. The number of unbranched alkanes of at least 4 members (excludes halogenated alkanes) is 2. The number of hydrogen-bond acceptors (Lipinski definition) is 3. The maximum absolute atomic E-state index is 5.88. The number of nitrogens with zero attached hydrogens (tertiary/aromatic N) is 1. The van der Waals surface area contributed by atoms with E-state index in [2.05, 4.69) is 37.1 Å². The van der Waals surface area contributed by atoms with E-state index in [1.54, 1.807) is 0 Å². The molecule has 0 unspecified atom stereocenters. The Morgan fingerprint density at radius 1 is 1.16 bits per heavy atom. The SMILES string of the molecule is CCCCN(CCCC)Cc1cc(CNC)c(C)o1. The summed E-state index contributed by atoms with van der Waals surface area (Å²) >= 11 is 0. The second-order valence-electron chi connectivity index (χ2n) is 5.31. The van der Waals surface area contributed by atoms with Crippen molar-refractivity contribution in [2.24, 2.45) is 0 Å². The smallest absolute Gasteiger partial charge is 0.118 e. The minimum absolute atomic E-state index is 0.888. The van der Waals surface area contributed by atoms with E-state index < -0.39 is 0 Å². The third-order valence-electron chi connectivity index (χ3n) is 3.47. The summed E-state index contributed by atoms with van der Waals surface area (Å²) in [5, 5.41) is 3.19. The summed E-state index contributed by atoms with van der Waals surface area (Å²) in [6.45, 7) is 10.7. The molecule has 0 saturated carbocycles. The van der Waals surface area contributed by atoms with E-state index in [-0.39, 0.29) is 0 Å². The Bertz CT molecular complexity index is 339. The van der Waals surface area contributed by atoms with Crippen LogP contribution in [0.5, 0.6) is 0 Å². The van der Waals surface area contributed by atoms with E-state index in [1.807, 2.05) is 7.05 Å². The lowest BCUT2D eigenvalue weighted by Crippen LogP contribution is -2.25. The molecule has 1 aromatic rings. The third kappa shape index (κ3) is 5.79. The van der Waals surface area contributed by atoms with Gasteiger partial charge in [0.1, 0.15) is 11.5 Å². The fraction of sp³-hybridized carbons (Fsp3) is 0.750. The summed E-state index contributed by atoms with van der Waals surface area (Å²) in [5.41, 5.74) is 1.28. The van der Waals surface area contributed by atoms with E-state index in [0.29, 0.717) is 0 Å². The lowest BCUT2D eigenvalue weighted by molar-refractivity contribution is 0.235. The van der Waals surface area contributed by atoms with Gasteiger partial charge in [0.05, 0.1) is 6.54 Å². The Morgan fingerprint density at radius 2 is 1.79 bits per heavy atom. The maximum Gasteiger partial charge on any atom is 0.118 e. The lowest BCUT2D eigenvalue weighted by Gasteiger charge is -2.20. The molecule has 0 aromatic carbocycles. The molecule has 1 heterocycles. The van der Waals surface area contributed by atoms with Gasteiger partial charge >= 0.3 is 0 Å². The van der Waals surface area contributed by atoms with Crippen LogP contribution in [0.25, 0.3) is 0 Å². The van der Waals surface area contributed by atoms with Crippen molar-refractivity contribution in [3.8, 4) is 0 Å². The Kier molecular flexibility index (Phi) is 7.84. The second kappa shape index (κ2) is 9.16. The van der Waals surface area contributed by atoms with E-state index in [4.69, 9.17) is 4.42 Å². The van der Waals surface area contributed by atoms with E-state index in [0.717, 1.165) is 24.6 Å². The highest BCUT2D eigenvalue weighted by molar-refractivity contribution is 5.20. The number of nitrogens with one attached hydrogen (secondary N) is 1. The van der Waals surface area contributed by atoms with Crippen molar-refractivity contribution in [3.63, 3.8) is 0 Å². The van der Waals surface area contributed by atoms with Gasteiger partial charge in [-0.2, -0.15) is 0 Å². The lowest BCUT2D eigenvalue weighted by atomic mass is 10.2. The first-order valence-corrected chi connectivity index (χ1v) is 7.66. The molecular formula is C16H30N2O. The van der Waals surface area contributed by atoms with Crippen molar-refractivity contribution in [3.05, 3.63) is 23.2 Å². The van der Waals surface area contributed by atoms with Crippen molar-refractivity contribution in [2.75, 3.05) is 20.1 Å². The monoisotopic (exact) mass is 266 g/mol. The third-order valence-corrected chi connectivity index (χ3v) is 3.47. The van der Waals surface area contributed by atoms with Crippen LogP contribution in [0.1, 0.15) is 56.6 Å². The highest BCUT2D eigenvalue weighted by Crippen LogP contribution is 2.17. The van der Waals surface area contributed by atoms with E-state index >= 15 is 0 Å². The van der Waals surface area contributed by atoms with Crippen LogP contribution in [-0.2, 0) is 13.1 Å². The van der Waals surface area contributed by atoms with Gasteiger partial charge in [-0.3, -0.25) is 4.90 Å². The van der Waals surface area contributed by atoms with E-state index in [1.165, 1.54) is 44.3 Å². The molecule has 0 radical (unpaired) electrons. The van der Waals surface area contributed by atoms with Crippen LogP contribution in [0.15, 0.2) is 10.5 Å². The van der Waals surface area contributed by atoms with Crippen molar-refractivity contribution < 1.29 is 4.42 Å². The van der Waals surface area contributed by atoms with Gasteiger partial charge in [0.25, 0.3) is 0 Å². The molecule has 1 rings (SSSR count). The first kappa shape index (κ1) is 16.3. The molecule has 0 fully saturated rings. The van der Waals surface area contributed by atoms with Crippen LogP contribution in [0.3, 0.4) is 0 Å². The topological polar surface area (TPSA) is 28.4 Å².